The van der Waals surface area contributed by atoms with E-state index in [9.17, 15) is 0 Å². The van der Waals surface area contributed by atoms with E-state index in [1.54, 1.807) is 6.20 Å². The summed E-state index contributed by atoms with van der Waals surface area (Å²) in [5, 5.41) is 3.60. The highest BCUT2D eigenvalue weighted by molar-refractivity contribution is 5.69. The number of hydrogen-bond donors (Lipinski definition) is 1. The second-order valence-electron chi connectivity index (χ2n) is 4.87. The average molecular weight is 224 g/mol. The maximum Gasteiger partial charge on any atom is 0.0432 e. The maximum atomic E-state index is 5.41. The summed E-state index contributed by atoms with van der Waals surface area (Å²) >= 11 is 0. The number of terminal acetylenes is 1. The summed E-state index contributed by atoms with van der Waals surface area (Å²) in [5.74, 6) is 3.35. The first-order valence-corrected chi connectivity index (χ1v) is 6.23. The summed E-state index contributed by atoms with van der Waals surface area (Å²) in [5.41, 5.74) is 3.46. The van der Waals surface area contributed by atoms with Crippen molar-refractivity contribution in [1.82, 2.24) is 10.3 Å². The van der Waals surface area contributed by atoms with Crippen LogP contribution in [0, 0.1) is 18.3 Å². The third-order valence-electron chi connectivity index (χ3n) is 3.77. The highest BCUT2D eigenvalue weighted by Gasteiger charge is 2.29. The van der Waals surface area contributed by atoms with Crippen molar-refractivity contribution in [3.8, 4) is 12.3 Å². The fourth-order valence-corrected chi connectivity index (χ4v) is 2.87. The van der Waals surface area contributed by atoms with Crippen LogP contribution in [0.15, 0.2) is 24.5 Å². The van der Waals surface area contributed by atoms with E-state index in [4.69, 9.17) is 6.42 Å². The minimum Gasteiger partial charge on any atom is -0.313 e. The number of piperidine rings is 1. The van der Waals surface area contributed by atoms with Gasteiger partial charge in [-0.3, -0.25) is 4.98 Å². The first-order chi connectivity index (χ1) is 8.36. The summed E-state index contributed by atoms with van der Waals surface area (Å²) in [7, 11) is 0. The average Bonchev–Trinajstić information content (AvgIpc) is 2.82. The van der Waals surface area contributed by atoms with Crippen LogP contribution in [0.1, 0.15) is 30.4 Å². The van der Waals surface area contributed by atoms with Crippen molar-refractivity contribution >= 4 is 5.57 Å². The van der Waals surface area contributed by atoms with Gasteiger partial charge in [-0.05, 0) is 48.9 Å². The molecule has 86 valence electrons. The van der Waals surface area contributed by atoms with Crippen molar-refractivity contribution in [3.63, 3.8) is 0 Å². The standard InChI is InChI=1S/C15H16N2/c1-2-11-6-14(10-16-9-11)13-7-12-4-3-5-17-15(12)8-13/h1,6-7,9-10,12,15,17H,3-5,8H2/t12-,15+/m1/s1. The molecule has 2 heteroatoms. The van der Waals surface area contributed by atoms with E-state index in [0.29, 0.717) is 12.0 Å². The molecule has 0 unspecified atom stereocenters. The molecule has 1 aromatic heterocycles. The fourth-order valence-electron chi connectivity index (χ4n) is 2.87. The Bertz CT molecular complexity index is 496. The smallest absolute Gasteiger partial charge is 0.0432 e. The number of nitrogens with one attached hydrogen (secondary N) is 1. The Hall–Kier alpha value is -1.59. The number of pyridine rings is 1. The van der Waals surface area contributed by atoms with Crippen LogP contribution in [-0.4, -0.2) is 17.6 Å². The maximum absolute atomic E-state index is 5.41. The largest absolute Gasteiger partial charge is 0.313 e. The Morgan fingerprint density at radius 2 is 2.35 bits per heavy atom. The van der Waals surface area contributed by atoms with Gasteiger partial charge in [0.15, 0.2) is 0 Å². The summed E-state index contributed by atoms with van der Waals surface area (Å²) in [6.45, 7) is 1.16. The summed E-state index contributed by atoms with van der Waals surface area (Å²) in [6, 6.07) is 2.70. The van der Waals surface area contributed by atoms with Crippen LogP contribution in [0.5, 0.6) is 0 Å². The summed E-state index contributed by atoms with van der Waals surface area (Å²) in [6.07, 6.45) is 15.2. The molecule has 1 N–H and O–H groups in total. The number of hydrogen-bond acceptors (Lipinski definition) is 2. The van der Waals surface area contributed by atoms with Crippen molar-refractivity contribution in [2.75, 3.05) is 6.54 Å². The minimum absolute atomic E-state index is 0.633. The zero-order valence-corrected chi connectivity index (χ0v) is 9.82. The molecule has 2 atom stereocenters. The molecule has 0 bridgehead atoms. The molecule has 2 nitrogen and oxygen atoms in total. The highest BCUT2D eigenvalue weighted by Crippen LogP contribution is 2.35. The van der Waals surface area contributed by atoms with Crippen LogP contribution in [-0.2, 0) is 0 Å². The van der Waals surface area contributed by atoms with Gasteiger partial charge in [0.1, 0.15) is 0 Å². The first kappa shape index (κ1) is 10.6. The van der Waals surface area contributed by atoms with Gasteiger partial charge in [-0.2, -0.15) is 0 Å². The predicted octanol–water partition coefficient (Wildman–Crippen LogP) is 2.22. The van der Waals surface area contributed by atoms with Crippen molar-refractivity contribution in [1.29, 1.82) is 0 Å². The molecule has 1 saturated heterocycles. The Balaban J connectivity index is 1.87. The Labute approximate surface area is 102 Å². The molecule has 1 aliphatic carbocycles. The van der Waals surface area contributed by atoms with Crippen molar-refractivity contribution in [3.05, 3.63) is 35.7 Å². The van der Waals surface area contributed by atoms with Crippen LogP contribution < -0.4 is 5.32 Å². The van der Waals surface area contributed by atoms with Gasteiger partial charge in [-0.15, -0.1) is 6.42 Å². The van der Waals surface area contributed by atoms with E-state index in [2.05, 4.69) is 28.4 Å². The Morgan fingerprint density at radius 1 is 1.41 bits per heavy atom. The molecule has 0 radical (unpaired) electrons. The van der Waals surface area contributed by atoms with Crippen LogP contribution in [0.4, 0.5) is 0 Å². The van der Waals surface area contributed by atoms with Crippen LogP contribution in [0.2, 0.25) is 0 Å². The topological polar surface area (TPSA) is 24.9 Å². The van der Waals surface area contributed by atoms with Gasteiger partial charge in [0.05, 0.1) is 0 Å². The first-order valence-electron chi connectivity index (χ1n) is 6.23. The van der Waals surface area contributed by atoms with Gasteiger partial charge in [-0.1, -0.05) is 12.0 Å². The molecule has 2 heterocycles. The summed E-state index contributed by atoms with van der Waals surface area (Å²) in [4.78, 5) is 4.21. The molecule has 0 spiro atoms. The number of nitrogens with zero attached hydrogens (tertiary/aromatic N) is 1. The third kappa shape index (κ3) is 1.99. The van der Waals surface area contributed by atoms with Crippen LogP contribution >= 0.6 is 0 Å². The van der Waals surface area contributed by atoms with E-state index in [1.807, 2.05) is 6.20 Å². The zero-order valence-electron chi connectivity index (χ0n) is 9.82. The third-order valence-corrected chi connectivity index (χ3v) is 3.77. The van der Waals surface area contributed by atoms with E-state index >= 15 is 0 Å². The molecule has 17 heavy (non-hydrogen) atoms. The van der Waals surface area contributed by atoms with Gasteiger partial charge < -0.3 is 5.32 Å². The molecule has 0 amide bonds. The Kier molecular flexibility index (Phi) is 2.70. The zero-order chi connectivity index (χ0) is 11.7. The number of fused-ring (bicyclic) bond motifs is 1. The Morgan fingerprint density at radius 3 is 3.18 bits per heavy atom. The van der Waals surface area contributed by atoms with Crippen molar-refractivity contribution < 1.29 is 0 Å². The lowest BCUT2D eigenvalue weighted by Crippen LogP contribution is -2.37. The predicted molar refractivity (Wildman–Crippen MR) is 69.3 cm³/mol. The molecule has 1 aliphatic heterocycles. The second kappa shape index (κ2) is 4.35. The summed E-state index contributed by atoms with van der Waals surface area (Å²) < 4.78 is 0. The van der Waals surface area contributed by atoms with Crippen LogP contribution in [0.25, 0.3) is 5.57 Å². The van der Waals surface area contributed by atoms with E-state index in [1.165, 1.54) is 24.0 Å². The molecule has 1 fully saturated rings. The molecule has 2 aliphatic rings. The molecular formula is C15H16N2. The monoisotopic (exact) mass is 224 g/mol. The molecule has 1 aromatic rings. The van der Waals surface area contributed by atoms with Gasteiger partial charge in [0.2, 0.25) is 0 Å². The van der Waals surface area contributed by atoms with Crippen LogP contribution in [0.3, 0.4) is 0 Å². The van der Waals surface area contributed by atoms with Gasteiger partial charge in [0.25, 0.3) is 0 Å². The molecule has 0 aromatic carbocycles. The SMILES string of the molecule is C#Cc1cncc(C2=C[C@H]3CCCN[C@H]3C2)c1. The highest BCUT2D eigenvalue weighted by atomic mass is 14.9. The quantitative estimate of drug-likeness (QED) is 0.740. The lowest BCUT2D eigenvalue weighted by molar-refractivity contribution is 0.348. The second-order valence-corrected chi connectivity index (χ2v) is 4.87. The molecular weight excluding hydrogens is 208 g/mol. The van der Waals surface area contributed by atoms with E-state index in [0.717, 1.165) is 18.5 Å². The molecule has 0 saturated carbocycles. The van der Waals surface area contributed by atoms with E-state index in [-0.39, 0.29) is 0 Å². The minimum atomic E-state index is 0.633. The number of aromatic nitrogens is 1. The van der Waals surface area contributed by atoms with E-state index < -0.39 is 0 Å². The lowest BCUT2D eigenvalue weighted by Gasteiger charge is -2.25. The number of rotatable bonds is 1. The van der Waals surface area contributed by atoms with Crippen molar-refractivity contribution in [2.24, 2.45) is 5.92 Å². The van der Waals surface area contributed by atoms with Gasteiger partial charge in [-0.25, -0.2) is 0 Å². The lowest BCUT2D eigenvalue weighted by atomic mass is 9.94. The fraction of sp³-hybridized carbons (Fsp3) is 0.400. The van der Waals surface area contributed by atoms with Gasteiger partial charge >= 0.3 is 0 Å². The molecule has 3 rings (SSSR count). The van der Waals surface area contributed by atoms with Crippen molar-refractivity contribution in [2.45, 2.75) is 25.3 Å². The van der Waals surface area contributed by atoms with Gasteiger partial charge in [0, 0.05) is 24.0 Å². The normalized spacial score (nSPS) is 27.1.